The third-order valence-electron chi connectivity index (χ3n) is 2.48. The van der Waals surface area contributed by atoms with Gasteiger partial charge in [0.25, 0.3) is 5.91 Å². The number of nitrogens with one attached hydrogen (secondary N) is 1. The molecule has 1 amide bonds. The molecule has 0 radical (unpaired) electrons. The zero-order valence-electron chi connectivity index (χ0n) is 11.2. The molecule has 1 aromatic rings. The highest BCUT2D eigenvalue weighted by Crippen LogP contribution is 2.20. The Kier molecular flexibility index (Phi) is 4.67. The highest BCUT2D eigenvalue weighted by atomic mass is 16.1. The molecule has 1 heterocycles. The lowest BCUT2D eigenvalue weighted by Crippen LogP contribution is -2.33. The van der Waals surface area contributed by atoms with E-state index in [1.807, 2.05) is 0 Å². The maximum atomic E-state index is 11.2. The minimum Gasteiger partial charge on any atom is -0.368 e. The number of carbonyl (C=O) groups is 1. The lowest BCUT2D eigenvalue weighted by molar-refractivity contribution is 0.100. The largest absolute Gasteiger partial charge is 0.368 e. The number of carbonyl (C=O) groups excluding carboxylic acids is 1. The standard InChI is InChI=1S/C13H22N4O/c1-13(2,3)7-9(14)8-17-12-10(11(15)18)5-4-6-16-12/h4-6,9H,7-8,14H2,1-3H3,(H2,15,18)(H,16,17). The quantitative estimate of drug-likeness (QED) is 0.735. The zero-order valence-corrected chi connectivity index (χ0v) is 11.2. The van der Waals surface area contributed by atoms with E-state index in [1.54, 1.807) is 18.3 Å². The molecule has 0 saturated heterocycles. The molecule has 0 aromatic carbocycles. The molecule has 0 aliphatic heterocycles. The van der Waals surface area contributed by atoms with Gasteiger partial charge in [-0.3, -0.25) is 4.79 Å². The van der Waals surface area contributed by atoms with E-state index in [-0.39, 0.29) is 11.5 Å². The van der Waals surface area contributed by atoms with Gasteiger partial charge in [-0.2, -0.15) is 0 Å². The van der Waals surface area contributed by atoms with Gasteiger partial charge in [-0.05, 0) is 24.0 Å². The van der Waals surface area contributed by atoms with Gasteiger partial charge in [-0.15, -0.1) is 0 Å². The first kappa shape index (κ1) is 14.4. The number of pyridine rings is 1. The van der Waals surface area contributed by atoms with Gasteiger partial charge in [0, 0.05) is 18.8 Å². The van der Waals surface area contributed by atoms with Crippen molar-refractivity contribution in [3.63, 3.8) is 0 Å². The van der Waals surface area contributed by atoms with Crippen LogP contribution in [-0.2, 0) is 0 Å². The number of nitrogens with two attached hydrogens (primary N) is 2. The second-order valence-corrected chi connectivity index (χ2v) is 5.67. The number of nitrogens with zero attached hydrogens (tertiary/aromatic N) is 1. The highest BCUT2D eigenvalue weighted by Gasteiger charge is 2.16. The molecule has 1 rings (SSSR count). The molecule has 0 saturated carbocycles. The van der Waals surface area contributed by atoms with Crippen molar-refractivity contribution in [1.29, 1.82) is 0 Å². The predicted octanol–water partition coefficient (Wildman–Crippen LogP) is 1.36. The second kappa shape index (κ2) is 5.82. The van der Waals surface area contributed by atoms with Crippen LogP contribution in [0.1, 0.15) is 37.6 Å². The normalized spacial score (nSPS) is 13.1. The summed E-state index contributed by atoms with van der Waals surface area (Å²) in [7, 11) is 0. The maximum Gasteiger partial charge on any atom is 0.252 e. The topological polar surface area (TPSA) is 94.0 Å². The van der Waals surface area contributed by atoms with Crippen molar-refractivity contribution in [2.24, 2.45) is 16.9 Å². The first-order chi connectivity index (χ1) is 8.29. The first-order valence-corrected chi connectivity index (χ1v) is 6.04. The fourth-order valence-corrected chi connectivity index (χ4v) is 1.83. The number of amides is 1. The lowest BCUT2D eigenvalue weighted by atomic mass is 9.88. The molecular weight excluding hydrogens is 228 g/mol. The Labute approximate surface area is 108 Å². The summed E-state index contributed by atoms with van der Waals surface area (Å²) in [4.78, 5) is 15.3. The monoisotopic (exact) mass is 250 g/mol. The third-order valence-corrected chi connectivity index (χ3v) is 2.48. The van der Waals surface area contributed by atoms with Crippen molar-refractivity contribution in [3.8, 4) is 0 Å². The molecular formula is C13H22N4O. The molecule has 0 bridgehead atoms. The Bertz CT molecular complexity index is 412. The fraction of sp³-hybridized carbons (Fsp3) is 0.538. The number of aromatic nitrogens is 1. The first-order valence-electron chi connectivity index (χ1n) is 6.04. The summed E-state index contributed by atoms with van der Waals surface area (Å²) in [5.74, 6) is 0.00403. The summed E-state index contributed by atoms with van der Waals surface area (Å²) >= 11 is 0. The van der Waals surface area contributed by atoms with E-state index in [9.17, 15) is 4.79 Å². The summed E-state index contributed by atoms with van der Waals surface area (Å²) in [5, 5.41) is 3.08. The van der Waals surface area contributed by atoms with Crippen LogP contribution in [0.5, 0.6) is 0 Å². The number of hydrogen-bond acceptors (Lipinski definition) is 4. The van der Waals surface area contributed by atoms with Crippen LogP contribution < -0.4 is 16.8 Å². The van der Waals surface area contributed by atoms with Crippen molar-refractivity contribution in [3.05, 3.63) is 23.9 Å². The smallest absolute Gasteiger partial charge is 0.252 e. The third kappa shape index (κ3) is 4.71. The zero-order chi connectivity index (χ0) is 13.8. The van der Waals surface area contributed by atoms with Crippen LogP contribution in [0, 0.1) is 5.41 Å². The van der Waals surface area contributed by atoms with Gasteiger partial charge in [-0.25, -0.2) is 4.98 Å². The summed E-state index contributed by atoms with van der Waals surface area (Å²) in [6.45, 7) is 6.99. The van der Waals surface area contributed by atoms with E-state index < -0.39 is 5.91 Å². The molecule has 5 N–H and O–H groups in total. The molecule has 0 fully saturated rings. The average molecular weight is 250 g/mol. The summed E-state index contributed by atoms with van der Waals surface area (Å²) in [5.41, 5.74) is 11.9. The molecule has 5 heteroatoms. The second-order valence-electron chi connectivity index (χ2n) is 5.67. The predicted molar refractivity (Wildman–Crippen MR) is 73.3 cm³/mol. The van der Waals surface area contributed by atoms with Crippen molar-refractivity contribution in [2.45, 2.75) is 33.2 Å². The van der Waals surface area contributed by atoms with Gasteiger partial charge >= 0.3 is 0 Å². The van der Waals surface area contributed by atoms with Crippen LogP contribution in [0.25, 0.3) is 0 Å². The minimum absolute atomic E-state index is 0.00716. The number of anilines is 1. The Hall–Kier alpha value is -1.62. The van der Waals surface area contributed by atoms with E-state index in [4.69, 9.17) is 11.5 Å². The maximum absolute atomic E-state index is 11.2. The van der Waals surface area contributed by atoms with Crippen molar-refractivity contribution in [1.82, 2.24) is 4.98 Å². The van der Waals surface area contributed by atoms with E-state index in [1.165, 1.54) is 0 Å². The van der Waals surface area contributed by atoms with Gasteiger partial charge in [0.15, 0.2) is 0 Å². The van der Waals surface area contributed by atoms with Gasteiger partial charge in [0.05, 0.1) is 5.56 Å². The van der Waals surface area contributed by atoms with E-state index in [0.29, 0.717) is 17.9 Å². The van der Waals surface area contributed by atoms with Crippen LogP contribution in [0.3, 0.4) is 0 Å². The Morgan fingerprint density at radius 3 is 2.72 bits per heavy atom. The highest BCUT2D eigenvalue weighted by molar-refractivity contribution is 5.97. The molecule has 1 atom stereocenters. The molecule has 1 unspecified atom stereocenters. The summed E-state index contributed by atoms with van der Waals surface area (Å²) in [6.07, 6.45) is 2.50. The number of hydrogen-bond donors (Lipinski definition) is 3. The van der Waals surface area contributed by atoms with Crippen LogP contribution in [0.15, 0.2) is 18.3 Å². The lowest BCUT2D eigenvalue weighted by Gasteiger charge is -2.23. The molecule has 0 aliphatic carbocycles. The summed E-state index contributed by atoms with van der Waals surface area (Å²) < 4.78 is 0. The molecule has 5 nitrogen and oxygen atoms in total. The Morgan fingerprint density at radius 1 is 1.50 bits per heavy atom. The fourth-order valence-electron chi connectivity index (χ4n) is 1.83. The van der Waals surface area contributed by atoms with Gasteiger partial charge in [0.2, 0.25) is 0 Å². The van der Waals surface area contributed by atoms with Crippen LogP contribution >= 0.6 is 0 Å². The van der Waals surface area contributed by atoms with Crippen LogP contribution in [0.2, 0.25) is 0 Å². The van der Waals surface area contributed by atoms with Gasteiger partial charge in [0.1, 0.15) is 5.82 Å². The molecule has 18 heavy (non-hydrogen) atoms. The van der Waals surface area contributed by atoms with E-state index in [0.717, 1.165) is 6.42 Å². The number of primary amides is 1. The average Bonchev–Trinajstić information content (AvgIpc) is 2.24. The van der Waals surface area contributed by atoms with Crippen molar-refractivity contribution in [2.75, 3.05) is 11.9 Å². The van der Waals surface area contributed by atoms with Crippen LogP contribution in [-0.4, -0.2) is 23.5 Å². The Balaban J connectivity index is 2.61. The van der Waals surface area contributed by atoms with E-state index in [2.05, 4.69) is 31.1 Å². The van der Waals surface area contributed by atoms with Crippen molar-refractivity contribution >= 4 is 11.7 Å². The molecule has 100 valence electrons. The van der Waals surface area contributed by atoms with Gasteiger partial charge < -0.3 is 16.8 Å². The summed E-state index contributed by atoms with van der Waals surface area (Å²) in [6, 6.07) is 3.33. The van der Waals surface area contributed by atoms with Crippen molar-refractivity contribution < 1.29 is 4.79 Å². The molecule has 0 spiro atoms. The van der Waals surface area contributed by atoms with Gasteiger partial charge in [-0.1, -0.05) is 20.8 Å². The van der Waals surface area contributed by atoms with E-state index >= 15 is 0 Å². The Morgan fingerprint density at radius 2 is 2.17 bits per heavy atom. The number of rotatable bonds is 5. The SMILES string of the molecule is CC(C)(C)CC(N)CNc1ncccc1C(N)=O. The minimum atomic E-state index is -0.491. The van der Waals surface area contributed by atoms with Crippen LogP contribution in [0.4, 0.5) is 5.82 Å². The molecule has 1 aromatic heterocycles. The molecule has 0 aliphatic rings.